The summed E-state index contributed by atoms with van der Waals surface area (Å²) in [7, 11) is 4.16. The van der Waals surface area contributed by atoms with Gasteiger partial charge in [0, 0.05) is 5.56 Å². The maximum atomic E-state index is 8.08. The molecule has 0 atom stereocenters. The van der Waals surface area contributed by atoms with E-state index in [1.165, 1.54) is 57.8 Å². The van der Waals surface area contributed by atoms with Crippen LogP contribution in [-0.2, 0) is 6.54 Å². The Labute approximate surface area is 158 Å². The van der Waals surface area contributed by atoms with E-state index in [1.807, 2.05) is 0 Å². The first-order chi connectivity index (χ1) is 12.7. The van der Waals surface area contributed by atoms with E-state index in [0.29, 0.717) is 16.6 Å². The highest BCUT2D eigenvalue weighted by Gasteiger charge is 2.14. The monoisotopic (exact) mass is 344 g/mol. The van der Waals surface area contributed by atoms with Gasteiger partial charge in [-0.1, -0.05) is 88.5 Å². The van der Waals surface area contributed by atoms with Crippen LogP contribution in [0.5, 0.6) is 0 Å². The van der Waals surface area contributed by atoms with Crippen LogP contribution in [0.3, 0.4) is 0 Å². The molecule has 0 radical (unpaired) electrons. The molecule has 0 N–H and O–H groups in total. The first-order valence-corrected chi connectivity index (χ1v) is 9.09. The fourth-order valence-corrected chi connectivity index (χ4v) is 2.89. The topological polar surface area (TPSA) is 0 Å². The Balaban J connectivity index is 0.00000729. The largest absolute Gasteiger partial charge is 1.00 e. The third-order valence-electron chi connectivity index (χ3n) is 4.25. The molecule has 0 spiro atoms. The fourth-order valence-electron chi connectivity index (χ4n) is 2.89. The Morgan fingerprint density at radius 3 is 1.78 bits per heavy atom. The van der Waals surface area contributed by atoms with Crippen molar-refractivity contribution in [2.45, 2.75) is 77.7 Å². The van der Waals surface area contributed by atoms with E-state index < -0.39 is 0 Å². The molecule has 0 aliphatic rings. The number of nitrogens with zero attached hydrogens (tertiary/aromatic N) is 1. The molecule has 2 heteroatoms. The lowest BCUT2D eigenvalue weighted by Crippen LogP contribution is -3.00. The van der Waals surface area contributed by atoms with Crippen molar-refractivity contribution in [3.63, 3.8) is 0 Å². The van der Waals surface area contributed by atoms with Crippen LogP contribution in [0.25, 0.3) is 0 Å². The summed E-state index contributed by atoms with van der Waals surface area (Å²) in [6.07, 6.45) is 13.0. The van der Waals surface area contributed by atoms with Crippen molar-refractivity contribution in [2.24, 2.45) is 0 Å². The van der Waals surface area contributed by atoms with Crippen LogP contribution < -0.4 is 12.4 Å². The van der Waals surface area contributed by atoms with E-state index in [1.54, 1.807) is 0 Å². The molecular formula is C21H38ClN. The van der Waals surface area contributed by atoms with Crippen molar-refractivity contribution in [3.8, 4) is 0 Å². The van der Waals surface area contributed by atoms with Crippen molar-refractivity contribution in [2.75, 3.05) is 20.6 Å². The van der Waals surface area contributed by atoms with Gasteiger partial charge in [-0.05, 0) is 12.8 Å². The SMILES string of the molecule is [2H]c1c([2H])c([2H])c(C[N+](C)(C)CCCCCCCCCCCC)c([2H])c1[2H].[Cl-]. The molecule has 23 heavy (non-hydrogen) atoms. The molecule has 1 rings (SSSR count). The van der Waals surface area contributed by atoms with Gasteiger partial charge in [0.15, 0.2) is 0 Å². The second-order valence-electron chi connectivity index (χ2n) is 7.10. The van der Waals surface area contributed by atoms with Crippen molar-refractivity contribution in [1.82, 2.24) is 0 Å². The highest BCUT2D eigenvalue weighted by Crippen LogP contribution is 2.13. The molecule has 0 aliphatic carbocycles. The first-order valence-electron chi connectivity index (χ1n) is 11.6. The highest BCUT2D eigenvalue weighted by molar-refractivity contribution is 5.13. The molecule has 0 saturated carbocycles. The second kappa shape index (κ2) is 13.9. The molecule has 1 aromatic carbocycles. The van der Waals surface area contributed by atoms with Gasteiger partial charge >= 0.3 is 0 Å². The average Bonchev–Trinajstić information content (AvgIpc) is 2.63. The van der Waals surface area contributed by atoms with Gasteiger partial charge in [0.2, 0.25) is 0 Å². The Hall–Kier alpha value is -0.530. The van der Waals surface area contributed by atoms with E-state index in [-0.39, 0.29) is 42.6 Å². The number of hydrogen-bond acceptors (Lipinski definition) is 0. The van der Waals surface area contributed by atoms with Crippen LogP contribution >= 0.6 is 0 Å². The maximum absolute atomic E-state index is 8.08. The molecule has 0 saturated heterocycles. The Morgan fingerprint density at radius 2 is 1.26 bits per heavy atom. The zero-order valence-corrected chi connectivity index (χ0v) is 16.1. The molecular weight excluding hydrogens is 302 g/mol. The highest BCUT2D eigenvalue weighted by atomic mass is 35.5. The van der Waals surface area contributed by atoms with Gasteiger partial charge in [0.1, 0.15) is 6.54 Å². The van der Waals surface area contributed by atoms with Gasteiger partial charge in [-0.25, -0.2) is 0 Å². The Kier molecular flexibility index (Phi) is 8.91. The van der Waals surface area contributed by atoms with E-state index in [0.717, 1.165) is 13.0 Å². The van der Waals surface area contributed by atoms with E-state index >= 15 is 0 Å². The smallest absolute Gasteiger partial charge is 0.104 e. The number of quaternary nitrogens is 1. The summed E-state index contributed by atoms with van der Waals surface area (Å²) in [5, 5.41) is 0. The van der Waals surface area contributed by atoms with Crippen LogP contribution in [0.15, 0.2) is 30.2 Å². The van der Waals surface area contributed by atoms with Crippen LogP contribution in [0.1, 0.15) is 83.5 Å². The maximum Gasteiger partial charge on any atom is 0.104 e. The van der Waals surface area contributed by atoms with Crippen LogP contribution in [0.4, 0.5) is 0 Å². The number of benzene rings is 1. The van der Waals surface area contributed by atoms with Crippen molar-refractivity contribution < 1.29 is 23.7 Å². The minimum atomic E-state index is -0.311. The molecule has 0 heterocycles. The number of rotatable bonds is 13. The van der Waals surface area contributed by atoms with Gasteiger partial charge in [0.05, 0.1) is 27.5 Å². The average molecular weight is 345 g/mol. The number of halogens is 1. The quantitative estimate of drug-likeness (QED) is 0.381. The van der Waals surface area contributed by atoms with Gasteiger partial charge in [-0.2, -0.15) is 0 Å². The first kappa shape index (κ1) is 14.8. The predicted molar refractivity (Wildman–Crippen MR) is 99.0 cm³/mol. The standard InChI is InChI=1S/C21H38N.ClH/c1-4-5-6-7-8-9-10-11-12-16-19-22(2,3)20-21-17-14-13-15-18-21;/h13-15,17-18H,4-12,16,19-20H2,1-3H3;1H/q+1;/p-1/i13D,14D,15D,17D,18D;. The van der Waals surface area contributed by atoms with Crippen LogP contribution in [0, 0.1) is 0 Å². The van der Waals surface area contributed by atoms with Crippen LogP contribution in [0.2, 0.25) is 0 Å². The van der Waals surface area contributed by atoms with Crippen molar-refractivity contribution in [1.29, 1.82) is 0 Å². The minimum absolute atomic E-state index is 0. The lowest BCUT2D eigenvalue weighted by atomic mass is 10.1. The predicted octanol–water partition coefficient (Wildman–Crippen LogP) is 3.19. The van der Waals surface area contributed by atoms with Gasteiger partial charge in [0.25, 0.3) is 0 Å². The third-order valence-corrected chi connectivity index (χ3v) is 4.25. The summed E-state index contributed by atoms with van der Waals surface area (Å²) in [6, 6.07) is -0.894. The summed E-state index contributed by atoms with van der Waals surface area (Å²) in [4.78, 5) is 0. The molecule has 0 unspecified atom stereocenters. The van der Waals surface area contributed by atoms with Gasteiger partial charge in [-0.3, -0.25) is 0 Å². The van der Waals surface area contributed by atoms with Gasteiger partial charge < -0.3 is 16.9 Å². The summed E-state index contributed by atoms with van der Waals surface area (Å²) < 4.78 is 40.1. The summed E-state index contributed by atoms with van der Waals surface area (Å²) >= 11 is 0. The Bertz CT molecular complexity index is 564. The number of unbranched alkanes of at least 4 members (excludes halogenated alkanes) is 9. The molecule has 0 aliphatic heterocycles. The number of hydrogen-bond donors (Lipinski definition) is 0. The zero-order chi connectivity index (χ0) is 20.4. The van der Waals surface area contributed by atoms with E-state index in [4.69, 9.17) is 6.85 Å². The molecule has 0 aromatic heterocycles. The second-order valence-corrected chi connectivity index (χ2v) is 7.10. The zero-order valence-electron chi connectivity index (χ0n) is 20.3. The molecule has 134 valence electrons. The van der Waals surface area contributed by atoms with E-state index in [9.17, 15) is 0 Å². The molecule has 1 aromatic rings. The van der Waals surface area contributed by atoms with Crippen molar-refractivity contribution >= 4 is 0 Å². The Morgan fingerprint density at radius 1 is 0.783 bits per heavy atom. The summed E-state index contributed by atoms with van der Waals surface area (Å²) in [6.45, 7) is 3.67. The normalized spacial score (nSPS) is 14.3. The van der Waals surface area contributed by atoms with E-state index in [2.05, 4.69) is 21.0 Å². The molecule has 0 bridgehead atoms. The molecule has 0 amide bonds. The third kappa shape index (κ3) is 12.5. The van der Waals surface area contributed by atoms with Gasteiger partial charge in [-0.15, -0.1) is 0 Å². The summed E-state index contributed by atoms with van der Waals surface area (Å²) in [5.74, 6) is 0. The molecule has 1 nitrogen and oxygen atoms in total. The lowest BCUT2D eigenvalue weighted by Gasteiger charge is -2.30. The van der Waals surface area contributed by atoms with Crippen LogP contribution in [-0.4, -0.2) is 25.1 Å². The summed E-state index contributed by atoms with van der Waals surface area (Å²) in [5.41, 5.74) is 0.429. The lowest BCUT2D eigenvalue weighted by molar-refractivity contribution is -0.903. The molecule has 0 fully saturated rings. The fraction of sp³-hybridized carbons (Fsp3) is 0.714. The van der Waals surface area contributed by atoms with Crippen molar-refractivity contribution in [3.05, 3.63) is 35.8 Å². The minimum Gasteiger partial charge on any atom is -1.00 e.